The van der Waals surface area contributed by atoms with Crippen LogP contribution in [0.3, 0.4) is 0 Å². The van der Waals surface area contributed by atoms with Crippen molar-refractivity contribution in [2.75, 3.05) is 13.7 Å². The summed E-state index contributed by atoms with van der Waals surface area (Å²) in [5.41, 5.74) is 2.54. The Morgan fingerprint density at radius 1 is 1.19 bits per heavy atom. The van der Waals surface area contributed by atoms with E-state index in [2.05, 4.69) is 27.6 Å². The van der Waals surface area contributed by atoms with Crippen molar-refractivity contribution in [1.29, 1.82) is 0 Å². The molecular formula is C31H25ClFIN2O5S. The Hall–Kier alpha value is -3.48. The van der Waals surface area contributed by atoms with Gasteiger partial charge in [0.1, 0.15) is 12.4 Å². The lowest BCUT2D eigenvalue weighted by Crippen LogP contribution is -2.39. The van der Waals surface area contributed by atoms with E-state index < -0.39 is 17.8 Å². The third-order valence-electron chi connectivity index (χ3n) is 6.52. The molecule has 1 aromatic heterocycles. The van der Waals surface area contributed by atoms with E-state index >= 15 is 0 Å². The van der Waals surface area contributed by atoms with Gasteiger partial charge in [-0.1, -0.05) is 47.2 Å². The van der Waals surface area contributed by atoms with Gasteiger partial charge in [-0.2, -0.15) is 0 Å². The summed E-state index contributed by atoms with van der Waals surface area (Å²) in [4.78, 5) is 31.9. The second-order valence-electron chi connectivity index (χ2n) is 9.31. The van der Waals surface area contributed by atoms with Crippen LogP contribution < -0.4 is 24.4 Å². The highest BCUT2D eigenvalue weighted by Crippen LogP contribution is 2.35. The zero-order chi connectivity index (χ0) is 30.0. The summed E-state index contributed by atoms with van der Waals surface area (Å²) in [6, 6.07) is 16.0. The first kappa shape index (κ1) is 30.0. The predicted molar refractivity (Wildman–Crippen MR) is 168 cm³/mol. The fraction of sp³-hybridized carbons (Fsp3) is 0.194. The fourth-order valence-corrected chi connectivity index (χ4v) is 6.69. The standard InChI is InChI=1S/C31H25ClFIN2O5S/c1-4-40-30(38)26-17(2)35-31-36(27(26)20-8-10-22(33)11-9-20)29(37)25(42-31)15-19-13-23(34)28(24(14-19)39-3)41-16-18-6-5-7-21(32)12-18/h5-15,27H,4,16H2,1-3H3/b25-15-/t27-/m0/s1. The lowest BCUT2D eigenvalue weighted by Gasteiger charge is -2.24. The van der Waals surface area contributed by atoms with Crippen molar-refractivity contribution in [3.63, 3.8) is 0 Å². The van der Waals surface area contributed by atoms with E-state index in [1.165, 1.54) is 28.0 Å². The number of halogens is 3. The van der Waals surface area contributed by atoms with Gasteiger partial charge in [-0.05, 0) is 95.6 Å². The molecule has 0 spiro atoms. The normalized spacial score (nSPS) is 14.8. The molecule has 1 aliphatic heterocycles. The molecule has 0 fully saturated rings. The molecule has 0 unspecified atom stereocenters. The first-order valence-corrected chi connectivity index (χ1v) is 15.2. The van der Waals surface area contributed by atoms with E-state index in [1.807, 2.05) is 24.3 Å². The quantitative estimate of drug-likeness (QED) is 0.171. The van der Waals surface area contributed by atoms with Crippen LogP contribution in [0.5, 0.6) is 11.5 Å². The maximum atomic E-state index is 13.9. The van der Waals surface area contributed by atoms with Gasteiger partial charge in [-0.15, -0.1) is 0 Å². The van der Waals surface area contributed by atoms with Gasteiger partial charge in [0.2, 0.25) is 0 Å². The molecule has 4 aromatic rings. The van der Waals surface area contributed by atoms with Crippen molar-refractivity contribution in [1.82, 2.24) is 4.57 Å². The van der Waals surface area contributed by atoms with Crippen LogP contribution >= 0.6 is 45.5 Å². The summed E-state index contributed by atoms with van der Waals surface area (Å²) in [6.45, 7) is 3.88. The molecular weight excluding hydrogens is 694 g/mol. The maximum absolute atomic E-state index is 13.9. The van der Waals surface area contributed by atoms with Crippen LogP contribution in [-0.4, -0.2) is 24.3 Å². The summed E-state index contributed by atoms with van der Waals surface area (Å²) < 4.78 is 33.5. The summed E-state index contributed by atoms with van der Waals surface area (Å²) in [5, 5.41) is 0.626. The topological polar surface area (TPSA) is 79.1 Å². The van der Waals surface area contributed by atoms with Crippen LogP contribution in [0.2, 0.25) is 5.02 Å². The van der Waals surface area contributed by atoms with Crippen LogP contribution in [0, 0.1) is 9.39 Å². The Morgan fingerprint density at radius 2 is 1.95 bits per heavy atom. The molecule has 0 saturated carbocycles. The minimum Gasteiger partial charge on any atom is -0.493 e. The number of allylic oxidation sites excluding steroid dienone is 1. The van der Waals surface area contributed by atoms with E-state index in [4.69, 9.17) is 25.8 Å². The molecule has 42 heavy (non-hydrogen) atoms. The lowest BCUT2D eigenvalue weighted by molar-refractivity contribution is -0.139. The Morgan fingerprint density at radius 3 is 2.64 bits per heavy atom. The molecule has 0 bridgehead atoms. The minimum atomic E-state index is -0.819. The number of carbonyl (C=O) groups excluding carboxylic acids is 1. The highest BCUT2D eigenvalue weighted by atomic mass is 127. The largest absolute Gasteiger partial charge is 0.493 e. The summed E-state index contributed by atoms with van der Waals surface area (Å²) in [5.74, 6) is 0.0818. The molecule has 7 nitrogen and oxygen atoms in total. The average Bonchev–Trinajstić information content (AvgIpc) is 3.26. The third-order valence-corrected chi connectivity index (χ3v) is 8.54. The molecule has 0 aliphatic carbocycles. The molecule has 11 heteroatoms. The van der Waals surface area contributed by atoms with Crippen molar-refractivity contribution in [2.45, 2.75) is 26.5 Å². The van der Waals surface area contributed by atoms with E-state index in [1.54, 1.807) is 51.3 Å². The van der Waals surface area contributed by atoms with Crippen LogP contribution in [0.15, 0.2) is 81.7 Å². The number of aromatic nitrogens is 1. The highest BCUT2D eigenvalue weighted by Gasteiger charge is 2.33. The molecule has 0 amide bonds. The number of nitrogens with zero attached hydrogens (tertiary/aromatic N) is 2. The Bertz CT molecular complexity index is 1880. The number of hydrogen-bond acceptors (Lipinski definition) is 7. The van der Waals surface area contributed by atoms with E-state index in [0.717, 1.165) is 14.7 Å². The number of rotatable bonds is 8. The minimum absolute atomic E-state index is 0.162. The summed E-state index contributed by atoms with van der Waals surface area (Å²) in [7, 11) is 1.55. The molecule has 5 rings (SSSR count). The van der Waals surface area contributed by atoms with Gasteiger partial charge >= 0.3 is 5.97 Å². The first-order valence-electron chi connectivity index (χ1n) is 12.9. The summed E-state index contributed by atoms with van der Waals surface area (Å²) >= 11 is 9.47. The molecule has 1 aliphatic rings. The van der Waals surface area contributed by atoms with Gasteiger partial charge in [-0.3, -0.25) is 9.36 Å². The maximum Gasteiger partial charge on any atom is 0.338 e. The highest BCUT2D eigenvalue weighted by molar-refractivity contribution is 14.1. The molecule has 1 atom stereocenters. The zero-order valence-corrected chi connectivity index (χ0v) is 26.6. The fourth-order valence-electron chi connectivity index (χ4n) is 4.65. The number of methoxy groups -OCH3 is 1. The van der Waals surface area contributed by atoms with Crippen molar-refractivity contribution in [3.8, 4) is 11.5 Å². The van der Waals surface area contributed by atoms with Gasteiger partial charge in [-0.25, -0.2) is 14.2 Å². The first-order chi connectivity index (χ1) is 20.2. The second-order valence-corrected chi connectivity index (χ2v) is 11.9. The van der Waals surface area contributed by atoms with Crippen molar-refractivity contribution < 1.29 is 23.4 Å². The lowest BCUT2D eigenvalue weighted by atomic mass is 9.96. The second kappa shape index (κ2) is 12.8. The molecule has 3 aromatic carbocycles. The molecule has 216 valence electrons. The monoisotopic (exact) mass is 718 g/mol. The Labute approximate surface area is 263 Å². The predicted octanol–water partition coefficient (Wildman–Crippen LogP) is 5.78. The molecule has 0 saturated heterocycles. The van der Waals surface area contributed by atoms with E-state index in [9.17, 15) is 14.0 Å². The van der Waals surface area contributed by atoms with Gasteiger partial charge in [0.05, 0.1) is 39.1 Å². The van der Waals surface area contributed by atoms with Gasteiger partial charge in [0, 0.05) is 5.02 Å². The van der Waals surface area contributed by atoms with Crippen LogP contribution in [-0.2, 0) is 16.1 Å². The van der Waals surface area contributed by atoms with Crippen molar-refractivity contribution in [3.05, 3.63) is 123 Å². The molecule has 0 N–H and O–H groups in total. The van der Waals surface area contributed by atoms with Crippen LogP contribution in [0.25, 0.3) is 6.08 Å². The van der Waals surface area contributed by atoms with Crippen LogP contribution in [0.1, 0.15) is 36.6 Å². The number of benzene rings is 3. The zero-order valence-electron chi connectivity index (χ0n) is 22.8. The number of esters is 1. The molecule has 2 heterocycles. The molecule has 0 radical (unpaired) electrons. The number of carbonyl (C=O) groups is 1. The van der Waals surface area contributed by atoms with E-state index in [-0.39, 0.29) is 17.7 Å². The summed E-state index contributed by atoms with van der Waals surface area (Å²) in [6.07, 6.45) is 1.75. The van der Waals surface area contributed by atoms with E-state index in [0.29, 0.717) is 43.7 Å². The van der Waals surface area contributed by atoms with Gasteiger partial charge in [0.15, 0.2) is 16.3 Å². The van der Waals surface area contributed by atoms with Gasteiger partial charge in [0.25, 0.3) is 5.56 Å². The average molecular weight is 719 g/mol. The Balaban J connectivity index is 1.57. The van der Waals surface area contributed by atoms with Gasteiger partial charge < -0.3 is 14.2 Å². The van der Waals surface area contributed by atoms with Crippen molar-refractivity contribution >= 4 is 57.6 Å². The van der Waals surface area contributed by atoms with Crippen molar-refractivity contribution in [2.24, 2.45) is 4.99 Å². The Kier molecular flexibility index (Phi) is 9.14. The number of hydrogen-bond donors (Lipinski definition) is 0. The number of thiazole rings is 1. The smallest absolute Gasteiger partial charge is 0.338 e. The van der Waals surface area contributed by atoms with Crippen LogP contribution in [0.4, 0.5) is 4.39 Å². The number of fused-ring (bicyclic) bond motifs is 1. The number of ether oxygens (including phenoxy) is 3. The third kappa shape index (κ3) is 6.16. The SMILES string of the molecule is CCOC(=O)C1=C(C)N=c2s/c(=C\c3cc(I)c(OCc4cccc(Cl)c4)c(OC)c3)c(=O)n2[C@H]1c1ccc(F)cc1.